The Morgan fingerprint density at radius 2 is 1.83 bits per heavy atom. The quantitative estimate of drug-likeness (QED) is 0.187. The van der Waals surface area contributed by atoms with Crippen LogP contribution in [0.3, 0.4) is 0 Å². The van der Waals surface area contributed by atoms with Crippen LogP contribution in [0.25, 0.3) is 5.82 Å². The standard InChI is InChI=1S/C45H68N6O9/c1-12-36-45(9,56)34-16-15-33(49-57-25-32-14-17-37(46-24-32)51-21-13-20-47-51)18-19-44(8,23-26(2)38(28(34)4)48-31(7)52)41(29(5)39(53)30(6)42(55)59-36)60-43-40(54)35(50(10)11)22-27(3)58-43/h13-14,17,20-21,24,26-30,34-36,40-41,43,54,56H,12,15-16,18-19,22-23,25H2,1-11H3/b48-38+,49-33+/t26-,27-,28-,29+,30-,34-,35+,36-,40-,41-,43+,44-,45+/m1/s1. The number of oxime groups is 1. The molecule has 332 valence electrons. The number of aromatic nitrogens is 3. The molecular weight excluding hydrogens is 769 g/mol. The van der Waals surface area contributed by atoms with Crippen molar-refractivity contribution >= 4 is 29.1 Å². The van der Waals surface area contributed by atoms with Gasteiger partial charge in [0.25, 0.3) is 0 Å². The van der Waals surface area contributed by atoms with Gasteiger partial charge in [-0.1, -0.05) is 45.8 Å². The molecule has 5 rings (SSSR count). The first-order chi connectivity index (χ1) is 28.3. The van der Waals surface area contributed by atoms with Gasteiger partial charge in [-0.15, -0.1) is 0 Å². The first-order valence-corrected chi connectivity index (χ1v) is 21.6. The number of carbonyl (C=O) groups excluding carboxylic acids is 3. The first-order valence-electron chi connectivity index (χ1n) is 21.6. The van der Waals surface area contributed by atoms with Crippen molar-refractivity contribution in [3.8, 4) is 5.82 Å². The number of rotatable bonds is 8. The summed E-state index contributed by atoms with van der Waals surface area (Å²) in [6.45, 7) is 16.3. The number of likely N-dealkylation sites (N-methyl/N-ethyl adjacent to an activating group) is 1. The number of aliphatic imine (C=N–C) groups is 1. The molecule has 1 amide bonds. The van der Waals surface area contributed by atoms with E-state index >= 15 is 0 Å². The fourth-order valence-corrected chi connectivity index (χ4v) is 9.91. The summed E-state index contributed by atoms with van der Waals surface area (Å²) in [7, 11) is 3.80. The van der Waals surface area contributed by atoms with Crippen molar-refractivity contribution in [1.29, 1.82) is 0 Å². The molecule has 60 heavy (non-hydrogen) atoms. The highest BCUT2D eigenvalue weighted by molar-refractivity contribution is 6.00. The average molecular weight is 837 g/mol. The minimum absolute atomic E-state index is 0.155. The lowest BCUT2D eigenvalue weighted by molar-refractivity contribution is -0.286. The molecule has 0 aromatic carbocycles. The topological polar surface area (TPSA) is 187 Å². The molecule has 1 saturated carbocycles. The van der Waals surface area contributed by atoms with Crippen molar-refractivity contribution in [2.24, 2.45) is 45.2 Å². The number of esters is 1. The van der Waals surface area contributed by atoms with Crippen LogP contribution in [0, 0.1) is 35.0 Å². The summed E-state index contributed by atoms with van der Waals surface area (Å²) in [5.74, 6) is -4.19. The second-order valence-corrected chi connectivity index (χ2v) is 18.3. The number of carbonyl (C=O) groups is 3. The Morgan fingerprint density at radius 1 is 1.10 bits per heavy atom. The third-order valence-electron chi connectivity index (χ3n) is 13.3. The van der Waals surface area contributed by atoms with E-state index in [-0.39, 0.29) is 42.8 Å². The number of aliphatic hydroxyl groups is 2. The monoisotopic (exact) mass is 837 g/mol. The number of amides is 1. The normalized spacial score (nSPS) is 37.6. The summed E-state index contributed by atoms with van der Waals surface area (Å²) in [6, 6.07) is 5.32. The lowest BCUT2D eigenvalue weighted by Gasteiger charge is -2.48. The van der Waals surface area contributed by atoms with Crippen molar-refractivity contribution in [2.75, 3.05) is 14.1 Å². The number of fused-ring (bicyclic) bond motifs is 5. The summed E-state index contributed by atoms with van der Waals surface area (Å²) in [5.41, 5.74) is -0.289. The van der Waals surface area contributed by atoms with Gasteiger partial charge in [0.1, 0.15) is 30.3 Å². The molecule has 1 aliphatic carbocycles. The molecule has 2 aromatic rings. The molecule has 13 atom stereocenters. The minimum atomic E-state index is -1.59. The second-order valence-electron chi connectivity index (χ2n) is 18.3. The Labute approximate surface area is 355 Å². The van der Waals surface area contributed by atoms with Crippen LogP contribution in [0.2, 0.25) is 0 Å². The van der Waals surface area contributed by atoms with Gasteiger partial charge in [0.05, 0.1) is 17.9 Å². The predicted molar refractivity (Wildman–Crippen MR) is 226 cm³/mol. The molecule has 2 bridgehead atoms. The number of ether oxygens (including phenoxy) is 3. The SMILES string of the molecule is CC[C@H]1OC(=O)[C@H](C)C(=O)[C@H](C)[C@@H](O[C@@H]2O[C@H](C)C[C@H](N(C)C)[C@H]2O)[C@]2(C)CC/C(=N/OCc3ccc(-n4cccn4)nc3)CC[C@H]([C@@H](C)/C(=N/C(C)=O)[C@H](C)C2)[C@]1(C)O. The minimum Gasteiger partial charge on any atom is -0.459 e. The van der Waals surface area contributed by atoms with E-state index in [4.69, 9.17) is 24.2 Å². The third-order valence-corrected chi connectivity index (χ3v) is 13.3. The molecule has 2 N–H and O–H groups in total. The number of nitrogens with zero attached hydrogens (tertiary/aromatic N) is 6. The fraction of sp³-hybridized carbons (Fsp3) is 0.711. The molecule has 3 aliphatic rings. The van der Waals surface area contributed by atoms with E-state index in [0.717, 1.165) is 11.3 Å². The lowest BCUT2D eigenvalue weighted by Crippen LogP contribution is -2.57. The fourth-order valence-electron chi connectivity index (χ4n) is 9.91. The predicted octanol–water partition coefficient (Wildman–Crippen LogP) is 5.73. The highest BCUT2D eigenvalue weighted by Gasteiger charge is 2.52. The molecule has 15 heteroatoms. The van der Waals surface area contributed by atoms with Crippen LogP contribution in [-0.2, 0) is 40.0 Å². The number of cyclic esters (lactones) is 1. The van der Waals surface area contributed by atoms with Crippen LogP contribution in [0.1, 0.15) is 113 Å². The molecule has 0 unspecified atom stereocenters. The summed E-state index contributed by atoms with van der Waals surface area (Å²) >= 11 is 0. The smallest absolute Gasteiger partial charge is 0.316 e. The van der Waals surface area contributed by atoms with Crippen molar-refractivity contribution in [3.05, 3.63) is 42.4 Å². The van der Waals surface area contributed by atoms with E-state index in [9.17, 15) is 24.6 Å². The van der Waals surface area contributed by atoms with Crippen LogP contribution in [-0.4, -0.2) is 115 Å². The number of hydrogen-bond acceptors (Lipinski definition) is 13. The third kappa shape index (κ3) is 10.8. The van der Waals surface area contributed by atoms with Gasteiger partial charge in [0, 0.05) is 54.7 Å². The van der Waals surface area contributed by atoms with Gasteiger partial charge in [-0.05, 0) is 109 Å². The molecule has 2 aliphatic heterocycles. The van der Waals surface area contributed by atoms with Crippen molar-refractivity contribution in [1.82, 2.24) is 19.7 Å². The molecule has 2 saturated heterocycles. The van der Waals surface area contributed by atoms with Gasteiger partial charge >= 0.3 is 5.97 Å². The molecule has 0 spiro atoms. The van der Waals surface area contributed by atoms with E-state index in [2.05, 4.69) is 22.0 Å². The van der Waals surface area contributed by atoms with Crippen LogP contribution in [0.5, 0.6) is 0 Å². The van der Waals surface area contributed by atoms with Crippen LogP contribution in [0.15, 0.2) is 46.9 Å². The largest absolute Gasteiger partial charge is 0.459 e. The van der Waals surface area contributed by atoms with Crippen molar-refractivity contribution in [3.63, 3.8) is 0 Å². The van der Waals surface area contributed by atoms with Gasteiger partial charge in [-0.2, -0.15) is 5.10 Å². The lowest BCUT2D eigenvalue weighted by atomic mass is 9.65. The summed E-state index contributed by atoms with van der Waals surface area (Å²) in [5, 5.41) is 33.3. The van der Waals surface area contributed by atoms with Crippen molar-refractivity contribution in [2.45, 2.75) is 156 Å². The first kappa shape index (κ1) is 47.2. The highest BCUT2D eigenvalue weighted by Crippen LogP contribution is 2.46. The van der Waals surface area contributed by atoms with E-state index in [0.29, 0.717) is 50.1 Å². The van der Waals surface area contributed by atoms with E-state index < -0.39 is 65.3 Å². The number of aliphatic hydroxyl groups excluding tert-OH is 1. The Morgan fingerprint density at radius 3 is 2.45 bits per heavy atom. The number of hydrogen-bond donors (Lipinski definition) is 2. The van der Waals surface area contributed by atoms with Gasteiger partial charge in [-0.25, -0.2) is 14.7 Å². The molecule has 4 heterocycles. The molecule has 0 radical (unpaired) electrons. The molecule has 15 nitrogen and oxygen atoms in total. The van der Waals surface area contributed by atoms with E-state index in [1.54, 1.807) is 37.8 Å². The molecule has 3 fully saturated rings. The summed E-state index contributed by atoms with van der Waals surface area (Å²) < 4.78 is 21.0. The number of pyridine rings is 1. The maximum Gasteiger partial charge on any atom is 0.316 e. The number of Topliss-reactive ketones (excluding diaryl/α,β-unsaturated/α-hetero) is 1. The summed E-state index contributed by atoms with van der Waals surface area (Å²) in [4.78, 5) is 58.6. The van der Waals surface area contributed by atoms with Gasteiger partial charge < -0.3 is 34.2 Å². The average Bonchev–Trinajstić information content (AvgIpc) is 3.74. The van der Waals surface area contributed by atoms with Crippen LogP contribution >= 0.6 is 0 Å². The molecular formula is C45H68N6O9. The Kier molecular flexibility index (Phi) is 15.6. The number of ketones is 1. The zero-order valence-electron chi connectivity index (χ0n) is 37.4. The van der Waals surface area contributed by atoms with Crippen LogP contribution in [0.4, 0.5) is 0 Å². The maximum atomic E-state index is 14.6. The van der Waals surface area contributed by atoms with Crippen LogP contribution < -0.4 is 0 Å². The van der Waals surface area contributed by atoms with E-state index in [1.165, 1.54) is 6.92 Å². The summed E-state index contributed by atoms with van der Waals surface area (Å²) in [6.07, 6.45) is 3.98. The van der Waals surface area contributed by atoms with Crippen molar-refractivity contribution < 1.29 is 43.6 Å². The maximum absolute atomic E-state index is 14.6. The van der Waals surface area contributed by atoms with Gasteiger partial charge in [0.2, 0.25) is 5.91 Å². The highest BCUT2D eigenvalue weighted by atomic mass is 16.7. The Bertz CT molecular complexity index is 1830. The zero-order valence-corrected chi connectivity index (χ0v) is 37.4. The Hall–Kier alpha value is -3.89. The van der Waals surface area contributed by atoms with E-state index in [1.807, 2.05) is 71.1 Å². The van der Waals surface area contributed by atoms with Gasteiger partial charge in [-0.3, -0.25) is 14.4 Å². The Balaban J connectivity index is 1.63. The molecule has 2 aromatic heterocycles. The zero-order chi connectivity index (χ0) is 44.1. The van der Waals surface area contributed by atoms with Gasteiger partial charge in [0.15, 0.2) is 17.9 Å². The second kappa shape index (κ2) is 19.9.